The van der Waals surface area contributed by atoms with Crippen molar-refractivity contribution in [2.45, 2.75) is 12.5 Å². The fourth-order valence-electron chi connectivity index (χ4n) is 2.57. The van der Waals surface area contributed by atoms with E-state index in [1.54, 1.807) is 13.3 Å². The standard InChI is InChI=1S/C19H18N2O2/c1-23-17-10-8-15(9-11-17)18(21-13-5-12-20-21)14-19(22)16-6-3-2-4-7-16/h2-13,18H,14H2,1H3/t18-/m1/s1. The van der Waals surface area contributed by atoms with Crippen molar-refractivity contribution in [3.63, 3.8) is 0 Å². The fraction of sp³-hybridized carbons (Fsp3) is 0.158. The average Bonchev–Trinajstić information content (AvgIpc) is 3.15. The number of carbonyl (C=O) groups excluding carboxylic acids is 1. The van der Waals surface area contributed by atoms with Crippen LogP contribution in [0.3, 0.4) is 0 Å². The lowest BCUT2D eigenvalue weighted by Crippen LogP contribution is -2.16. The Bertz CT molecular complexity index is 750. The van der Waals surface area contributed by atoms with Gasteiger partial charge >= 0.3 is 0 Å². The van der Waals surface area contributed by atoms with Gasteiger partial charge in [-0.15, -0.1) is 0 Å². The summed E-state index contributed by atoms with van der Waals surface area (Å²) >= 11 is 0. The molecular formula is C19H18N2O2. The predicted molar refractivity (Wildman–Crippen MR) is 88.7 cm³/mol. The summed E-state index contributed by atoms with van der Waals surface area (Å²) in [5.41, 5.74) is 1.75. The van der Waals surface area contributed by atoms with Gasteiger partial charge in [-0.25, -0.2) is 0 Å². The van der Waals surface area contributed by atoms with Gasteiger partial charge in [0.15, 0.2) is 5.78 Å². The van der Waals surface area contributed by atoms with Crippen molar-refractivity contribution in [1.82, 2.24) is 9.78 Å². The molecule has 0 bridgehead atoms. The summed E-state index contributed by atoms with van der Waals surface area (Å²) in [6.07, 6.45) is 3.97. The normalized spacial score (nSPS) is 11.9. The van der Waals surface area contributed by atoms with Crippen LogP contribution in [-0.2, 0) is 0 Å². The van der Waals surface area contributed by atoms with E-state index in [0.29, 0.717) is 6.42 Å². The number of nitrogens with zero attached hydrogens (tertiary/aromatic N) is 2. The van der Waals surface area contributed by atoms with E-state index in [-0.39, 0.29) is 11.8 Å². The van der Waals surface area contributed by atoms with Crippen molar-refractivity contribution in [1.29, 1.82) is 0 Å². The third-order valence-electron chi connectivity index (χ3n) is 3.82. The van der Waals surface area contributed by atoms with Crippen molar-refractivity contribution >= 4 is 5.78 Å². The molecule has 0 saturated carbocycles. The van der Waals surface area contributed by atoms with Gasteiger partial charge < -0.3 is 4.74 Å². The lowest BCUT2D eigenvalue weighted by molar-refractivity contribution is 0.0967. The zero-order chi connectivity index (χ0) is 16.1. The van der Waals surface area contributed by atoms with Gasteiger partial charge in [0, 0.05) is 24.4 Å². The second kappa shape index (κ2) is 6.92. The Hall–Kier alpha value is -2.88. The smallest absolute Gasteiger partial charge is 0.165 e. The van der Waals surface area contributed by atoms with Crippen LogP contribution in [0.25, 0.3) is 0 Å². The first kappa shape index (κ1) is 15.0. The van der Waals surface area contributed by atoms with Crippen molar-refractivity contribution < 1.29 is 9.53 Å². The molecule has 0 fully saturated rings. The molecule has 0 unspecified atom stereocenters. The van der Waals surface area contributed by atoms with E-state index < -0.39 is 0 Å². The molecule has 2 aromatic carbocycles. The topological polar surface area (TPSA) is 44.1 Å². The Morgan fingerprint density at radius 1 is 1.09 bits per heavy atom. The van der Waals surface area contributed by atoms with Crippen LogP contribution in [0.2, 0.25) is 0 Å². The zero-order valence-corrected chi connectivity index (χ0v) is 12.9. The molecular weight excluding hydrogens is 288 g/mol. The molecule has 0 aliphatic heterocycles. The van der Waals surface area contributed by atoms with E-state index in [4.69, 9.17) is 4.74 Å². The summed E-state index contributed by atoms with van der Waals surface area (Å²) in [4.78, 5) is 12.6. The summed E-state index contributed by atoms with van der Waals surface area (Å²) in [5, 5.41) is 4.32. The van der Waals surface area contributed by atoms with Crippen LogP contribution in [0.1, 0.15) is 28.4 Å². The van der Waals surface area contributed by atoms with Gasteiger partial charge in [-0.3, -0.25) is 9.48 Å². The maximum atomic E-state index is 12.6. The summed E-state index contributed by atoms with van der Waals surface area (Å²) in [6.45, 7) is 0. The lowest BCUT2D eigenvalue weighted by Gasteiger charge is -2.18. The molecule has 1 heterocycles. The number of aromatic nitrogens is 2. The second-order valence-corrected chi connectivity index (χ2v) is 5.27. The molecule has 0 aliphatic rings. The number of hydrogen-bond donors (Lipinski definition) is 0. The van der Waals surface area contributed by atoms with Gasteiger partial charge in [-0.2, -0.15) is 5.10 Å². The Morgan fingerprint density at radius 2 is 1.83 bits per heavy atom. The molecule has 3 aromatic rings. The molecule has 3 rings (SSSR count). The van der Waals surface area contributed by atoms with Gasteiger partial charge in [-0.1, -0.05) is 42.5 Å². The third-order valence-corrected chi connectivity index (χ3v) is 3.82. The Morgan fingerprint density at radius 3 is 2.43 bits per heavy atom. The van der Waals surface area contributed by atoms with Crippen LogP contribution >= 0.6 is 0 Å². The monoisotopic (exact) mass is 306 g/mol. The number of ether oxygens (including phenoxy) is 1. The molecule has 4 nitrogen and oxygen atoms in total. The first-order valence-electron chi connectivity index (χ1n) is 7.49. The minimum atomic E-state index is -0.136. The van der Waals surface area contributed by atoms with Crippen LogP contribution in [0.5, 0.6) is 5.75 Å². The van der Waals surface area contributed by atoms with E-state index in [2.05, 4.69) is 5.10 Å². The van der Waals surface area contributed by atoms with Gasteiger partial charge in [-0.05, 0) is 23.8 Å². The average molecular weight is 306 g/mol. The van der Waals surface area contributed by atoms with Crippen LogP contribution in [0, 0.1) is 0 Å². The molecule has 0 amide bonds. The van der Waals surface area contributed by atoms with Crippen molar-refractivity contribution in [3.05, 3.63) is 84.2 Å². The van der Waals surface area contributed by atoms with E-state index in [0.717, 1.165) is 16.9 Å². The highest BCUT2D eigenvalue weighted by molar-refractivity contribution is 5.96. The molecule has 1 atom stereocenters. The van der Waals surface area contributed by atoms with Crippen LogP contribution in [0.15, 0.2) is 73.1 Å². The minimum absolute atomic E-state index is 0.0990. The predicted octanol–water partition coefficient (Wildman–Crippen LogP) is 3.75. The van der Waals surface area contributed by atoms with Crippen molar-refractivity contribution in [2.75, 3.05) is 7.11 Å². The number of ketones is 1. The summed E-state index contributed by atoms with van der Waals surface area (Å²) in [7, 11) is 1.64. The molecule has 0 saturated heterocycles. The van der Waals surface area contributed by atoms with Crippen molar-refractivity contribution in [2.24, 2.45) is 0 Å². The number of methoxy groups -OCH3 is 1. The van der Waals surface area contributed by atoms with E-state index in [9.17, 15) is 4.79 Å². The highest BCUT2D eigenvalue weighted by Gasteiger charge is 2.19. The molecule has 116 valence electrons. The summed E-state index contributed by atoms with van der Waals surface area (Å²) < 4.78 is 7.02. The van der Waals surface area contributed by atoms with E-state index in [1.807, 2.05) is 71.5 Å². The number of Topliss-reactive ketones (excluding diaryl/α,β-unsaturated/α-hetero) is 1. The maximum Gasteiger partial charge on any atom is 0.165 e. The zero-order valence-electron chi connectivity index (χ0n) is 12.9. The van der Waals surface area contributed by atoms with Gasteiger partial charge in [0.2, 0.25) is 0 Å². The molecule has 4 heteroatoms. The molecule has 0 aliphatic carbocycles. The van der Waals surface area contributed by atoms with E-state index in [1.165, 1.54) is 0 Å². The lowest BCUT2D eigenvalue weighted by atomic mass is 9.98. The molecule has 0 radical (unpaired) electrons. The highest BCUT2D eigenvalue weighted by atomic mass is 16.5. The van der Waals surface area contributed by atoms with Crippen molar-refractivity contribution in [3.8, 4) is 5.75 Å². The maximum absolute atomic E-state index is 12.6. The molecule has 23 heavy (non-hydrogen) atoms. The first-order valence-corrected chi connectivity index (χ1v) is 7.49. The third kappa shape index (κ3) is 3.48. The number of benzene rings is 2. The molecule has 0 N–H and O–H groups in total. The quantitative estimate of drug-likeness (QED) is 0.651. The van der Waals surface area contributed by atoms with Gasteiger partial charge in [0.25, 0.3) is 0 Å². The van der Waals surface area contributed by atoms with Gasteiger partial charge in [0.1, 0.15) is 5.75 Å². The minimum Gasteiger partial charge on any atom is -0.497 e. The Balaban J connectivity index is 1.88. The van der Waals surface area contributed by atoms with Crippen LogP contribution in [-0.4, -0.2) is 22.7 Å². The Kier molecular flexibility index (Phi) is 4.52. The largest absolute Gasteiger partial charge is 0.497 e. The number of hydrogen-bond acceptors (Lipinski definition) is 3. The fourth-order valence-corrected chi connectivity index (χ4v) is 2.57. The highest BCUT2D eigenvalue weighted by Crippen LogP contribution is 2.25. The SMILES string of the molecule is COc1ccc([C@@H](CC(=O)c2ccccc2)n2cccn2)cc1. The molecule has 1 aromatic heterocycles. The second-order valence-electron chi connectivity index (χ2n) is 5.27. The number of carbonyl (C=O) groups is 1. The molecule has 0 spiro atoms. The van der Waals surface area contributed by atoms with Gasteiger partial charge in [0.05, 0.1) is 13.2 Å². The number of rotatable bonds is 6. The Labute approximate surface area is 135 Å². The van der Waals surface area contributed by atoms with Crippen LogP contribution in [0.4, 0.5) is 0 Å². The summed E-state index contributed by atoms with van der Waals surface area (Å²) in [6, 6.07) is 18.8. The van der Waals surface area contributed by atoms with Crippen LogP contribution < -0.4 is 4.74 Å². The van der Waals surface area contributed by atoms with E-state index >= 15 is 0 Å². The first-order chi connectivity index (χ1) is 11.3. The summed E-state index contributed by atoms with van der Waals surface area (Å²) in [5.74, 6) is 0.893.